The number of hydrogen-bond donors (Lipinski definition) is 1. The van der Waals surface area contributed by atoms with Crippen molar-refractivity contribution in [1.82, 2.24) is 4.90 Å². The highest BCUT2D eigenvalue weighted by molar-refractivity contribution is 7.91. The predicted molar refractivity (Wildman–Crippen MR) is 129 cm³/mol. The van der Waals surface area contributed by atoms with Crippen molar-refractivity contribution in [2.24, 2.45) is 5.92 Å². The Labute approximate surface area is 204 Å². The minimum atomic E-state index is -3.88. The fraction of sp³-hybridized carbons (Fsp3) is 0.417. The lowest BCUT2D eigenvalue weighted by Crippen LogP contribution is -2.49. The highest BCUT2D eigenvalue weighted by Crippen LogP contribution is 2.45. The third kappa shape index (κ3) is 4.01. The minimum absolute atomic E-state index is 0.0281. The van der Waals surface area contributed by atoms with Crippen LogP contribution in [0.4, 0.5) is 5.69 Å². The fourth-order valence-electron chi connectivity index (χ4n) is 4.22. The van der Waals surface area contributed by atoms with E-state index < -0.39 is 20.6 Å². The van der Waals surface area contributed by atoms with Crippen molar-refractivity contribution in [3.8, 4) is 11.5 Å². The van der Waals surface area contributed by atoms with Gasteiger partial charge in [-0.15, -0.1) is 0 Å². The Bertz CT molecular complexity index is 1270. The summed E-state index contributed by atoms with van der Waals surface area (Å²) < 4.78 is 37.4. The average molecular weight is 507 g/mol. The van der Waals surface area contributed by atoms with E-state index in [-0.39, 0.29) is 23.9 Å². The Morgan fingerprint density at radius 1 is 1.24 bits per heavy atom. The van der Waals surface area contributed by atoms with Gasteiger partial charge in [-0.3, -0.25) is 9.59 Å². The first-order valence-corrected chi connectivity index (χ1v) is 13.2. The molecule has 1 heterocycles. The maximum atomic E-state index is 13.7. The lowest BCUT2D eigenvalue weighted by Gasteiger charge is -2.37. The first kappa shape index (κ1) is 24.3. The van der Waals surface area contributed by atoms with E-state index in [1.807, 2.05) is 6.92 Å². The molecule has 1 atom stereocenters. The molecule has 8 nitrogen and oxygen atoms in total. The van der Waals surface area contributed by atoms with Crippen LogP contribution in [0, 0.1) is 5.92 Å². The van der Waals surface area contributed by atoms with Gasteiger partial charge in [0.2, 0.25) is 5.91 Å². The number of halogens is 1. The molecule has 1 N–H and O–H groups in total. The number of methoxy groups -OCH3 is 1. The number of hydrogen-bond acceptors (Lipinski definition) is 6. The summed E-state index contributed by atoms with van der Waals surface area (Å²) in [6.07, 6.45) is 2.71. The molecule has 1 saturated carbocycles. The summed E-state index contributed by atoms with van der Waals surface area (Å²) in [6.45, 7) is 3.62. The van der Waals surface area contributed by atoms with E-state index in [2.05, 4.69) is 5.32 Å². The molecule has 0 spiro atoms. The maximum Gasteiger partial charge on any atom is 0.258 e. The van der Waals surface area contributed by atoms with Crippen molar-refractivity contribution in [3.63, 3.8) is 0 Å². The molecule has 1 aliphatic carbocycles. The summed E-state index contributed by atoms with van der Waals surface area (Å²) >= 11 is 6.42. The highest BCUT2D eigenvalue weighted by atomic mass is 35.5. The summed E-state index contributed by atoms with van der Waals surface area (Å²) in [6, 6.07) is 8.00. The van der Waals surface area contributed by atoms with Gasteiger partial charge in [0.1, 0.15) is 0 Å². The van der Waals surface area contributed by atoms with E-state index >= 15 is 0 Å². The number of nitrogens with one attached hydrogen (secondary N) is 1. The van der Waals surface area contributed by atoms with Crippen LogP contribution < -0.4 is 14.8 Å². The number of nitrogens with zero attached hydrogens (tertiary/aromatic N) is 1. The van der Waals surface area contributed by atoms with Crippen LogP contribution >= 0.6 is 11.6 Å². The number of benzene rings is 2. The van der Waals surface area contributed by atoms with Crippen LogP contribution in [0.3, 0.4) is 0 Å². The van der Waals surface area contributed by atoms with Gasteiger partial charge in [0, 0.05) is 22.8 Å². The van der Waals surface area contributed by atoms with E-state index in [4.69, 9.17) is 21.1 Å². The molecular formula is C24H27ClN2O6S. The highest BCUT2D eigenvalue weighted by Gasteiger charge is 2.50. The van der Waals surface area contributed by atoms with Crippen LogP contribution in [0.5, 0.6) is 11.5 Å². The number of carbonyl (C=O) groups excluding carboxylic acids is 2. The SMILES string of the molecule is CCOc1cc([C@@](C)(N2Cc3c(Cl)ccc(NC(=O)C4CC4)c3C2=O)S(C)(=O)=O)ccc1OC. The molecule has 2 aromatic carbocycles. The van der Waals surface area contributed by atoms with Crippen LogP contribution in [-0.2, 0) is 26.0 Å². The van der Waals surface area contributed by atoms with E-state index in [1.165, 1.54) is 18.9 Å². The number of fused-ring (bicyclic) bond motifs is 1. The standard InChI is InChI=1S/C24H27ClN2O6S/c1-5-33-20-12-15(8-11-19(20)32-3)24(2,34(4,30)31)27-13-16-17(25)9-10-18(21(16)23(27)29)26-22(28)14-6-7-14/h8-12,14H,5-7,13H2,1-4H3,(H,26,28)/t24-/m0/s1. The molecule has 4 rings (SSSR count). The van der Waals surface area contributed by atoms with Gasteiger partial charge in [-0.2, -0.15) is 0 Å². The quantitative estimate of drug-likeness (QED) is 0.581. The zero-order valence-electron chi connectivity index (χ0n) is 19.5. The Morgan fingerprint density at radius 3 is 2.53 bits per heavy atom. The lowest BCUT2D eigenvalue weighted by atomic mass is 10.1. The summed E-state index contributed by atoms with van der Waals surface area (Å²) in [7, 11) is -2.38. The first-order chi connectivity index (χ1) is 16.0. The van der Waals surface area contributed by atoms with Gasteiger partial charge in [-0.25, -0.2) is 8.42 Å². The molecule has 182 valence electrons. The van der Waals surface area contributed by atoms with Crippen molar-refractivity contribution in [2.75, 3.05) is 25.3 Å². The van der Waals surface area contributed by atoms with E-state index in [0.29, 0.717) is 39.9 Å². The molecule has 1 aliphatic heterocycles. The van der Waals surface area contributed by atoms with Crippen LogP contribution in [-0.4, -0.2) is 45.1 Å². The third-order valence-electron chi connectivity index (χ3n) is 6.47. The molecule has 0 unspecified atom stereocenters. The van der Waals surface area contributed by atoms with Crippen LogP contribution in [0.15, 0.2) is 30.3 Å². The van der Waals surface area contributed by atoms with Gasteiger partial charge >= 0.3 is 0 Å². The minimum Gasteiger partial charge on any atom is -0.493 e. The number of anilines is 1. The monoisotopic (exact) mass is 506 g/mol. The molecule has 0 aromatic heterocycles. The van der Waals surface area contributed by atoms with Crippen LogP contribution in [0.1, 0.15) is 48.2 Å². The Morgan fingerprint density at radius 2 is 1.94 bits per heavy atom. The van der Waals surface area contributed by atoms with Crippen molar-refractivity contribution in [2.45, 2.75) is 38.1 Å². The molecule has 2 aromatic rings. The zero-order chi connectivity index (χ0) is 24.8. The molecule has 0 bridgehead atoms. The fourth-order valence-corrected chi connectivity index (χ4v) is 5.54. The van der Waals surface area contributed by atoms with Gasteiger partial charge < -0.3 is 19.7 Å². The van der Waals surface area contributed by atoms with Gasteiger partial charge in [0.05, 0.1) is 31.5 Å². The molecule has 10 heteroatoms. The van der Waals surface area contributed by atoms with Crippen molar-refractivity contribution in [3.05, 3.63) is 52.0 Å². The largest absolute Gasteiger partial charge is 0.493 e. The van der Waals surface area contributed by atoms with Crippen LogP contribution in [0.2, 0.25) is 5.02 Å². The second kappa shape index (κ2) is 8.78. The number of sulfone groups is 1. The number of carbonyl (C=O) groups is 2. The Balaban J connectivity index is 1.81. The van der Waals surface area contributed by atoms with E-state index in [9.17, 15) is 18.0 Å². The van der Waals surface area contributed by atoms with Crippen molar-refractivity contribution in [1.29, 1.82) is 0 Å². The topological polar surface area (TPSA) is 102 Å². The van der Waals surface area contributed by atoms with E-state index in [1.54, 1.807) is 30.3 Å². The number of rotatable bonds is 8. The first-order valence-electron chi connectivity index (χ1n) is 11.0. The third-order valence-corrected chi connectivity index (χ3v) is 8.73. The predicted octanol–water partition coefficient (Wildman–Crippen LogP) is 3.97. The van der Waals surface area contributed by atoms with Gasteiger partial charge in [0.15, 0.2) is 26.2 Å². The van der Waals surface area contributed by atoms with E-state index in [0.717, 1.165) is 19.1 Å². The molecular weight excluding hydrogens is 480 g/mol. The lowest BCUT2D eigenvalue weighted by molar-refractivity contribution is -0.117. The van der Waals surface area contributed by atoms with Crippen molar-refractivity contribution >= 4 is 38.9 Å². The normalized spacial score (nSPS) is 17.2. The molecule has 1 fully saturated rings. The maximum absolute atomic E-state index is 13.7. The average Bonchev–Trinajstić information content (AvgIpc) is 3.58. The molecule has 0 saturated heterocycles. The summed E-state index contributed by atoms with van der Waals surface area (Å²) in [4.78, 5) is 25.7. The van der Waals surface area contributed by atoms with Gasteiger partial charge in [0.25, 0.3) is 5.91 Å². The molecule has 2 amide bonds. The smallest absolute Gasteiger partial charge is 0.258 e. The van der Waals surface area contributed by atoms with Gasteiger partial charge in [-0.1, -0.05) is 17.7 Å². The second-order valence-electron chi connectivity index (χ2n) is 8.66. The van der Waals surface area contributed by atoms with Crippen LogP contribution in [0.25, 0.3) is 0 Å². The Hall–Kier alpha value is -2.78. The molecule has 34 heavy (non-hydrogen) atoms. The summed E-state index contributed by atoms with van der Waals surface area (Å²) in [5.41, 5.74) is 1.38. The van der Waals surface area contributed by atoms with Gasteiger partial charge in [-0.05, 0) is 56.5 Å². The molecule has 0 radical (unpaired) electrons. The van der Waals surface area contributed by atoms with Crippen molar-refractivity contribution < 1.29 is 27.5 Å². The second-order valence-corrected chi connectivity index (χ2v) is 11.4. The summed E-state index contributed by atoms with van der Waals surface area (Å²) in [5.74, 6) is 0.0857. The number of amides is 2. The molecule has 2 aliphatic rings. The summed E-state index contributed by atoms with van der Waals surface area (Å²) in [5, 5.41) is 3.15. The Kier molecular flexibility index (Phi) is 6.29. The zero-order valence-corrected chi connectivity index (χ0v) is 21.0. The number of ether oxygens (including phenoxy) is 2.